The molecule has 2 N–H and O–H groups in total. The van der Waals surface area contributed by atoms with Crippen molar-refractivity contribution in [2.45, 2.75) is 18.9 Å². The Hall–Kier alpha value is -1.53. The molecule has 1 aromatic rings. The van der Waals surface area contributed by atoms with Gasteiger partial charge in [0.15, 0.2) is 0 Å². The maximum Gasteiger partial charge on any atom is 0.136 e. The highest BCUT2D eigenvalue weighted by atomic mass is 16.5. The molecule has 0 amide bonds. The lowest BCUT2D eigenvalue weighted by molar-refractivity contribution is 0.413. The van der Waals surface area contributed by atoms with Crippen LogP contribution in [0.4, 0.5) is 0 Å². The van der Waals surface area contributed by atoms with E-state index in [-0.39, 0.29) is 6.04 Å². The fourth-order valence-electron chi connectivity index (χ4n) is 1.92. The molecule has 3 nitrogen and oxygen atoms in total. The van der Waals surface area contributed by atoms with E-state index in [0.29, 0.717) is 11.3 Å². The number of benzene rings is 1. The first-order valence-corrected chi connectivity index (χ1v) is 4.62. The van der Waals surface area contributed by atoms with E-state index < -0.39 is 0 Å². The van der Waals surface area contributed by atoms with Gasteiger partial charge < -0.3 is 10.5 Å². The van der Waals surface area contributed by atoms with Gasteiger partial charge in [-0.1, -0.05) is 0 Å². The van der Waals surface area contributed by atoms with Crippen LogP contribution in [0.25, 0.3) is 0 Å². The van der Waals surface area contributed by atoms with Crippen LogP contribution in [-0.2, 0) is 6.42 Å². The molecule has 1 aliphatic carbocycles. The second-order valence-corrected chi connectivity index (χ2v) is 3.51. The number of hydrogen-bond donors (Lipinski definition) is 1. The summed E-state index contributed by atoms with van der Waals surface area (Å²) in [5, 5.41) is 8.90. The lowest BCUT2D eigenvalue weighted by atomic mass is 10.0. The van der Waals surface area contributed by atoms with E-state index in [1.54, 1.807) is 7.11 Å². The van der Waals surface area contributed by atoms with Gasteiger partial charge >= 0.3 is 0 Å². The summed E-state index contributed by atoms with van der Waals surface area (Å²) >= 11 is 0. The minimum atomic E-state index is 0.0861. The third kappa shape index (κ3) is 1.24. The van der Waals surface area contributed by atoms with E-state index in [1.807, 2.05) is 12.1 Å². The summed E-state index contributed by atoms with van der Waals surface area (Å²) in [6.45, 7) is 0. The van der Waals surface area contributed by atoms with Crippen molar-refractivity contribution < 1.29 is 4.74 Å². The van der Waals surface area contributed by atoms with Gasteiger partial charge in [-0.25, -0.2) is 0 Å². The molecule has 1 atom stereocenters. The molecule has 3 heteroatoms. The maximum absolute atomic E-state index is 8.90. The molecule has 1 unspecified atom stereocenters. The Morgan fingerprint density at radius 2 is 2.36 bits per heavy atom. The summed E-state index contributed by atoms with van der Waals surface area (Å²) in [5.41, 5.74) is 8.80. The molecule has 0 aliphatic heterocycles. The standard InChI is InChI=1S/C11H12N2O/c1-14-11-5-7-2-3-10(13)9(7)4-8(11)6-12/h4-5,10H,2-3,13H2,1H3. The fraction of sp³-hybridized carbons (Fsp3) is 0.364. The summed E-state index contributed by atoms with van der Waals surface area (Å²) in [4.78, 5) is 0. The summed E-state index contributed by atoms with van der Waals surface area (Å²) in [6.07, 6.45) is 1.95. The fourth-order valence-corrected chi connectivity index (χ4v) is 1.92. The molecule has 72 valence electrons. The van der Waals surface area contributed by atoms with Crippen molar-refractivity contribution >= 4 is 0 Å². The molecule has 0 fully saturated rings. The van der Waals surface area contributed by atoms with Crippen molar-refractivity contribution in [3.8, 4) is 11.8 Å². The van der Waals surface area contributed by atoms with Crippen LogP contribution in [0, 0.1) is 11.3 Å². The first-order chi connectivity index (χ1) is 6.76. The van der Waals surface area contributed by atoms with Crippen molar-refractivity contribution in [3.05, 3.63) is 28.8 Å². The molecular weight excluding hydrogens is 176 g/mol. The molecule has 14 heavy (non-hydrogen) atoms. The predicted octanol–water partition coefficient (Wildman–Crippen LogP) is 1.51. The van der Waals surface area contributed by atoms with Gasteiger partial charge in [0.2, 0.25) is 0 Å². The van der Waals surface area contributed by atoms with Crippen molar-refractivity contribution in [3.63, 3.8) is 0 Å². The zero-order valence-electron chi connectivity index (χ0n) is 8.08. The van der Waals surface area contributed by atoms with Gasteiger partial charge in [-0.2, -0.15) is 5.26 Å². The zero-order chi connectivity index (χ0) is 10.1. The van der Waals surface area contributed by atoms with Crippen LogP contribution in [0.2, 0.25) is 0 Å². The van der Waals surface area contributed by atoms with Crippen molar-refractivity contribution in [1.29, 1.82) is 5.26 Å². The highest BCUT2D eigenvalue weighted by Crippen LogP contribution is 2.34. The zero-order valence-corrected chi connectivity index (χ0v) is 8.08. The largest absolute Gasteiger partial charge is 0.495 e. The van der Waals surface area contributed by atoms with Gasteiger partial charge in [-0.15, -0.1) is 0 Å². The van der Waals surface area contributed by atoms with Crippen LogP contribution in [0.3, 0.4) is 0 Å². The highest BCUT2D eigenvalue weighted by Gasteiger charge is 2.21. The molecule has 0 spiro atoms. The van der Waals surface area contributed by atoms with E-state index >= 15 is 0 Å². The van der Waals surface area contributed by atoms with E-state index in [0.717, 1.165) is 18.4 Å². The van der Waals surface area contributed by atoms with E-state index in [9.17, 15) is 0 Å². The van der Waals surface area contributed by atoms with Crippen molar-refractivity contribution in [1.82, 2.24) is 0 Å². The molecule has 0 aromatic heterocycles. The number of hydrogen-bond acceptors (Lipinski definition) is 3. The normalized spacial score (nSPS) is 18.8. The number of ether oxygens (including phenoxy) is 1. The van der Waals surface area contributed by atoms with Crippen LogP contribution >= 0.6 is 0 Å². The van der Waals surface area contributed by atoms with Gasteiger partial charge in [0, 0.05) is 6.04 Å². The number of nitrogens with two attached hydrogens (primary N) is 1. The predicted molar refractivity (Wildman–Crippen MR) is 53.0 cm³/mol. The number of nitrogens with zero attached hydrogens (tertiary/aromatic N) is 1. The third-order valence-corrected chi connectivity index (χ3v) is 2.71. The van der Waals surface area contributed by atoms with Crippen LogP contribution in [-0.4, -0.2) is 7.11 Å². The molecule has 0 saturated heterocycles. The van der Waals surface area contributed by atoms with Crippen molar-refractivity contribution in [2.75, 3.05) is 7.11 Å². The second kappa shape index (κ2) is 3.32. The third-order valence-electron chi connectivity index (χ3n) is 2.71. The van der Waals surface area contributed by atoms with Crippen LogP contribution < -0.4 is 10.5 Å². The summed E-state index contributed by atoms with van der Waals surface area (Å²) in [5.74, 6) is 0.653. The van der Waals surface area contributed by atoms with E-state index in [2.05, 4.69) is 6.07 Å². The molecule has 2 rings (SSSR count). The number of nitriles is 1. The quantitative estimate of drug-likeness (QED) is 0.726. The van der Waals surface area contributed by atoms with Gasteiger partial charge in [-0.05, 0) is 36.1 Å². The van der Waals surface area contributed by atoms with E-state index in [1.165, 1.54) is 5.56 Å². The van der Waals surface area contributed by atoms with Crippen LogP contribution in [0.1, 0.15) is 29.2 Å². The number of rotatable bonds is 1. The molecule has 0 saturated carbocycles. The Labute approximate surface area is 83.1 Å². The Kier molecular flexibility index (Phi) is 2.14. The first-order valence-electron chi connectivity index (χ1n) is 4.62. The van der Waals surface area contributed by atoms with Crippen molar-refractivity contribution in [2.24, 2.45) is 5.73 Å². The number of methoxy groups -OCH3 is 1. The number of fused-ring (bicyclic) bond motifs is 1. The highest BCUT2D eigenvalue weighted by molar-refractivity contribution is 5.51. The van der Waals surface area contributed by atoms with Crippen LogP contribution in [0.5, 0.6) is 5.75 Å². The Morgan fingerprint density at radius 3 is 3.00 bits per heavy atom. The molecule has 0 bridgehead atoms. The first kappa shape index (κ1) is 9.04. The summed E-state index contributed by atoms with van der Waals surface area (Å²) < 4.78 is 5.13. The Balaban J connectivity index is 2.56. The lowest BCUT2D eigenvalue weighted by Crippen LogP contribution is -2.05. The Bertz CT molecular complexity index is 406. The maximum atomic E-state index is 8.90. The molecule has 1 aliphatic rings. The summed E-state index contributed by atoms with van der Waals surface area (Å²) in [6, 6.07) is 5.99. The molecule has 0 heterocycles. The lowest BCUT2D eigenvalue weighted by Gasteiger charge is -2.08. The topological polar surface area (TPSA) is 59.0 Å². The van der Waals surface area contributed by atoms with Gasteiger partial charge in [0.25, 0.3) is 0 Å². The second-order valence-electron chi connectivity index (χ2n) is 3.51. The molecule has 0 radical (unpaired) electrons. The molecular formula is C11H12N2O. The SMILES string of the molecule is COc1cc2c(cc1C#N)C(N)CC2. The smallest absolute Gasteiger partial charge is 0.136 e. The molecule has 1 aromatic carbocycles. The van der Waals surface area contributed by atoms with Gasteiger partial charge in [-0.3, -0.25) is 0 Å². The monoisotopic (exact) mass is 188 g/mol. The Morgan fingerprint density at radius 1 is 1.57 bits per heavy atom. The van der Waals surface area contributed by atoms with Gasteiger partial charge in [0.1, 0.15) is 11.8 Å². The average Bonchev–Trinajstić information content (AvgIpc) is 2.58. The summed E-state index contributed by atoms with van der Waals surface area (Å²) in [7, 11) is 1.58. The number of aryl methyl sites for hydroxylation is 1. The average molecular weight is 188 g/mol. The minimum absolute atomic E-state index is 0.0861. The van der Waals surface area contributed by atoms with Gasteiger partial charge in [0.05, 0.1) is 12.7 Å². The van der Waals surface area contributed by atoms with E-state index in [4.69, 9.17) is 15.7 Å². The minimum Gasteiger partial charge on any atom is -0.495 e. The van der Waals surface area contributed by atoms with Crippen LogP contribution in [0.15, 0.2) is 12.1 Å².